The summed E-state index contributed by atoms with van der Waals surface area (Å²) >= 11 is 6.04. The van der Waals surface area contributed by atoms with Crippen LogP contribution in [-0.2, 0) is 0 Å². The van der Waals surface area contributed by atoms with Crippen molar-refractivity contribution in [3.8, 4) is 0 Å². The van der Waals surface area contributed by atoms with Crippen molar-refractivity contribution in [3.63, 3.8) is 0 Å². The number of para-hydroxylation sites is 1. The van der Waals surface area contributed by atoms with E-state index in [1.54, 1.807) is 12.1 Å². The number of carbonyl (C=O) groups excluding carboxylic acids is 1. The summed E-state index contributed by atoms with van der Waals surface area (Å²) < 4.78 is 0. The number of amides is 1. The van der Waals surface area contributed by atoms with Crippen LogP contribution in [0.5, 0.6) is 0 Å². The minimum Gasteiger partial charge on any atom is -0.369 e. The van der Waals surface area contributed by atoms with E-state index in [-0.39, 0.29) is 5.91 Å². The molecular weight excluding hydrogens is 334 g/mol. The summed E-state index contributed by atoms with van der Waals surface area (Å²) in [4.78, 5) is 17.0. The van der Waals surface area contributed by atoms with Gasteiger partial charge in [0.05, 0.1) is 10.6 Å². The molecule has 0 spiro atoms. The first-order chi connectivity index (χ1) is 12.2. The van der Waals surface area contributed by atoms with E-state index in [1.807, 2.05) is 12.1 Å². The number of hydrogen-bond donors (Lipinski definition) is 1. The lowest BCUT2D eigenvalue weighted by molar-refractivity contribution is 0.0951. The standard InChI is InChI=1S/C20H24ClN3O/c21-19-10-5-4-9-18(19)20(25)22-11-6-12-23-13-15-24(16-14-23)17-7-2-1-3-8-17/h1-5,7-10H,6,11-16H2,(H,22,25). The van der Waals surface area contributed by atoms with Gasteiger partial charge in [0.15, 0.2) is 0 Å². The highest BCUT2D eigenvalue weighted by Crippen LogP contribution is 2.16. The van der Waals surface area contributed by atoms with Crippen molar-refractivity contribution in [2.45, 2.75) is 6.42 Å². The molecular formula is C20H24ClN3O. The molecule has 4 nitrogen and oxygen atoms in total. The normalized spacial score (nSPS) is 15.2. The Balaban J connectivity index is 1.35. The number of hydrogen-bond acceptors (Lipinski definition) is 3. The fourth-order valence-electron chi connectivity index (χ4n) is 3.11. The molecule has 1 aliphatic rings. The molecule has 0 bridgehead atoms. The van der Waals surface area contributed by atoms with Crippen LogP contribution in [-0.4, -0.2) is 50.1 Å². The van der Waals surface area contributed by atoms with Crippen LogP contribution >= 0.6 is 11.6 Å². The Morgan fingerprint density at radius 1 is 0.960 bits per heavy atom. The Kier molecular flexibility index (Phi) is 6.31. The quantitative estimate of drug-likeness (QED) is 0.806. The van der Waals surface area contributed by atoms with E-state index in [2.05, 4.69) is 45.4 Å². The Labute approximate surface area is 154 Å². The van der Waals surface area contributed by atoms with E-state index >= 15 is 0 Å². The van der Waals surface area contributed by atoms with Gasteiger partial charge in [-0.3, -0.25) is 9.69 Å². The zero-order chi connectivity index (χ0) is 17.5. The van der Waals surface area contributed by atoms with Gasteiger partial charge in [0, 0.05) is 38.4 Å². The molecule has 132 valence electrons. The smallest absolute Gasteiger partial charge is 0.252 e. The molecule has 1 amide bonds. The van der Waals surface area contributed by atoms with Gasteiger partial charge in [0.1, 0.15) is 0 Å². The number of anilines is 1. The Morgan fingerprint density at radius 3 is 2.36 bits per heavy atom. The Morgan fingerprint density at radius 2 is 1.64 bits per heavy atom. The van der Waals surface area contributed by atoms with Crippen LogP contribution in [0.25, 0.3) is 0 Å². The highest BCUT2D eigenvalue weighted by Gasteiger charge is 2.16. The van der Waals surface area contributed by atoms with E-state index in [1.165, 1.54) is 5.69 Å². The molecule has 3 rings (SSSR count). The van der Waals surface area contributed by atoms with Gasteiger partial charge < -0.3 is 10.2 Å². The molecule has 2 aromatic rings. The third-order valence-corrected chi connectivity index (χ3v) is 4.88. The lowest BCUT2D eigenvalue weighted by Gasteiger charge is -2.36. The Bertz CT molecular complexity index is 684. The van der Waals surface area contributed by atoms with Crippen LogP contribution in [0.3, 0.4) is 0 Å². The average Bonchev–Trinajstić information content (AvgIpc) is 2.66. The SMILES string of the molecule is O=C(NCCCN1CCN(c2ccccc2)CC1)c1ccccc1Cl. The molecule has 1 aliphatic heterocycles. The molecule has 0 aliphatic carbocycles. The second kappa shape index (κ2) is 8.88. The molecule has 1 heterocycles. The van der Waals surface area contributed by atoms with E-state index in [0.29, 0.717) is 17.1 Å². The Hall–Kier alpha value is -2.04. The summed E-state index contributed by atoms with van der Waals surface area (Å²) in [5.41, 5.74) is 1.84. The average molecular weight is 358 g/mol. The molecule has 2 aromatic carbocycles. The van der Waals surface area contributed by atoms with Crippen molar-refractivity contribution in [2.75, 3.05) is 44.2 Å². The first kappa shape index (κ1) is 17.8. The van der Waals surface area contributed by atoms with Crippen molar-refractivity contribution in [2.24, 2.45) is 0 Å². The molecule has 25 heavy (non-hydrogen) atoms. The number of rotatable bonds is 6. The summed E-state index contributed by atoms with van der Waals surface area (Å²) in [5, 5.41) is 3.45. The van der Waals surface area contributed by atoms with E-state index < -0.39 is 0 Å². The van der Waals surface area contributed by atoms with E-state index in [4.69, 9.17) is 11.6 Å². The van der Waals surface area contributed by atoms with Crippen LogP contribution in [0.2, 0.25) is 5.02 Å². The molecule has 0 aromatic heterocycles. The number of nitrogens with one attached hydrogen (secondary N) is 1. The second-order valence-corrected chi connectivity index (χ2v) is 6.66. The number of piperazine rings is 1. The monoisotopic (exact) mass is 357 g/mol. The number of carbonyl (C=O) groups is 1. The minimum absolute atomic E-state index is 0.0977. The highest BCUT2D eigenvalue weighted by molar-refractivity contribution is 6.33. The summed E-state index contributed by atoms with van der Waals surface area (Å²) in [6.45, 7) is 5.90. The summed E-state index contributed by atoms with van der Waals surface area (Å²) in [6.07, 6.45) is 0.946. The van der Waals surface area contributed by atoms with Gasteiger partial charge in [-0.1, -0.05) is 41.9 Å². The number of nitrogens with zero attached hydrogens (tertiary/aromatic N) is 2. The summed E-state index contributed by atoms with van der Waals surface area (Å²) in [7, 11) is 0. The summed E-state index contributed by atoms with van der Waals surface area (Å²) in [5.74, 6) is -0.0977. The molecule has 1 N–H and O–H groups in total. The molecule has 0 saturated carbocycles. The summed E-state index contributed by atoms with van der Waals surface area (Å²) in [6, 6.07) is 17.7. The van der Waals surface area contributed by atoms with Gasteiger partial charge in [-0.15, -0.1) is 0 Å². The third-order valence-electron chi connectivity index (χ3n) is 4.55. The van der Waals surface area contributed by atoms with Crippen molar-refractivity contribution in [3.05, 3.63) is 65.2 Å². The molecule has 0 atom stereocenters. The lowest BCUT2D eigenvalue weighted by Crippen LogP contribution is -2.47. The first-order valence-electron chi connectivity index (χ1n) is 8.79. The fraction of sp³-hybridized carbons (Fsp3) is 0.350. The first-order valence-corrected chi connectivity index (χ1v) is 9.17. The fourth-order valence-corrected chi connectivity index (χ4v) is 3.34. The topological polar surface area (TPSA) is 35.6 Å². The molecule has 5 heteroatoms. The highest BCUT2D eigenvalue weighted by atomic mass is 35.5. The van der Waals surface area contributed by atoms with E-state index in [9.17, 15) is 4.79 Å². The van der Waals surface area contributed by atoms with Crippen LogP contribution in [0, 0.1) is 0 Å². The third kappa shape index (κ3) is 4.97. The van der Waals surface area contributed by atoms with Gasteiger partial charge in [0.2, 0.25) is 0 Å². The zero-order valence-corrected chi connectivity index (χ0v) is 15.1. The van der Waals surface area contributed by atoms with Crippen molar-refractivity contribution in [1.82, 2.24) is 10.2 Å². The second-order valence-electron chi connectivity index (χ2n) is 6.25. The van der Waals surface area contributed by atoms with Gasteiger partial charge in [0.25, 0.3) is 5.91 Å². The molecule has 0 radical (unpaired) electrons. The maximum Gasteiger partial charge on any atom is 0.252 e. The zero-order valence-electron chi connectivity index (χ0n) is 14.3. The largest absolute Gasteiger partial charge is 0.369 e. The molecule has 0 unspecified atom stereocenters. The van der Waals surface area contributed by atoms with Gasteiger partial charge in [-0.25, -0.2) is 0 Å². The van der Waals surface area contributed by atoms with Crippen LogP contribution in [0.1, 0.15) is 16.8 Å². The van der Waals surface area contributed by atoms with Crippen molar-refractivity contribution in [1.29, 1.82) is 0 Å². The van der Waals surface area contributed by atoms with Crippen LogP contribution < -0.4 is 10.2 Å². The van der Waals surface area contributed by atoms with Gasteiger partial charge in [-0.05, 0) is 37.2 Å². The predicted molar refractivity (Wildman–Crippen MR) is 103 cm³/mol. The van der Waals surface area contributed by atoms with Crippen LogP contribution in [0.4, 0.5) is 5.69 Å². The van der Waals surface area contributed by atoms with Gasteiger partial charge in [-0.2, -0.15) is 0 Å². The van der Waals surface area contributed by atoms with Crippen LogP contribution in [0.15, 0.2) is 54.6 Å². The van der Waals surface area contributed by atoms with E-state index in [0.717, 1.165) is 39.1 Å². The number of halogens is 1. The lowest BCUT2D eigenvalue weighted by atomic mass is 10.2. The van der Waals surface area contributed by atoms with Crippen molar-refractivity contribution >= 4 is 23.2 Å². The molecule has 1 fully saturated rings. The maximum absolute atomic E-state index is 12.1. The van der Waals surface area contributed by atoms with Gasteiger partial charge >= 0.3 is 0 Å². The molecule has 1 saturated heterocycles. The predicted octanol–water partition coefficient (Wildman–Crippen LogP) is 3.28. The maximum atomic E-state index is 12.1. The minimum atomic E-state index is -0.0977. The van der Waals surface area contributed by atoms with Crippen molar-refractivity contribution < 1.29 is 4.79 Å². The number of benzene rings is 2.